The minimum absolute atomic E-state index is 0.255. The molecule has 2 aromatic rings. The van der Waals surface area contributed by atoms with Gasteiger partial charge in [-0.2, -0.15) is 0 Å². The number of hydrogen-bond donors (Lipinski definition) is 1. The van der Waals surface area contributed by atoms with Gasteiger partial charge in [0.15, 0.2) is 6.10 Å². The number of hydrogen-bond acceptors (Lipinski definition) is 2. The van der Waals surface area contributed by atoms with Crippen molar-refractivity contribution in [3.63, 3.8) is 0 Å². The lowest BCUT2D eigenvalue weighted by molar-refractivity contribution is -0.145. The largest absolute Gasteiger partial charge is 0.478 e. The smallest absolute Gasteiger partial charge is 0.345 e. The zero-order valence-corrected chi connectivity index (χ0v) is 12.9. The van der Waals surface area contributed by atoms with E-state index < -0.39 is 12.1 Å². The second kappa shape index (κ2) is 6.83. The van der Waals surface area contributed by atoms with Crippen molar-refractivity contribution in [3.8, 4) is 5.75 Å². The van der Waals surface area contributed by atoms with Gasteiger partial charge in [-0.05, 0) is 48.4 Å². The van der Waals surface area contributed by atoms with Crippen LogP contribution in [-0.4, -0.2) is 17.2 Å². The highest BCUT2D eigenvalue weighted by atomic mass is 35.5. The lowest BCUT2D eigenvalue weighted by atomic mass is 10.0. The predicted octanol–water partition coefficient (Wildman–Crippen LogP) is 4.38. The van der Waals surface area contributed by atoms with E-state index in [0.29, 0.717) is 15.8 Å². The first kappa shape index (κ1) is 15.7. The molecule has 0 aromatic heterocycles. The molecule has 0 aliphatic rings. The van der Waals surface area contributed by atoms with E-state index in [1.165, 1.54) is 0 Å². The van der Waals surface area contributed by atoms with E-state index in [9.17, 15) is 9.90 Å². The van der Waals surface area contributed by atoms with Crippen LogP contribution in [0.1, 0.15) is 11.1 Å². The molecule has 0 aliphatic heterocycles. The number of aliphatic carboxylic acids is 1. The maximum absolute atomic E-state index is 11.4. The van der Waals surface area contributed by atoms with Gasteiger partial charge >= 0.3 is 5.97 Å². The van der Waals surface area contributed by atoms with Gasteiger partial charge in [0.1, 0.15) is 5.75 Å². The summed E-state index contributed by atoms with van der Waals surface area (Å²) in [6, 6.07) is 12.0. The van der Waals surface area contributed by atoms with Crippen LogP contribution in [0.5, 0.6) is 5.75 Å². The fourth-order valence-electron chi connectivity index (χ4n) is 1.97. The molecule has 5 heteroatoms. The van der Waals surface area contributed by atoms with Gasteiger partial charge in [0, 0.05) is 16.5 Å². The van der Waals surface area contributed by atoms with Crippen LogP contribution in [0.15, 0.2) is 42.5 Å². The molecule has 0 radical (unpaired) electrons. The van der Waals surface area contributed by atoms with Crippen molar-refractivity contribution in [1.29, 1.82) is 0 Å². The summed E-state index contributed by atoms with van der Waals surface area (Å²) in [5.74, 6) is -0.592. The summed E-state index contributed by atoms with van der Waals surface area (Å²) >= 11 is 11.8. The highest BCUT2D eigenvalue weighted by Crippen LogP contribution is 2.21. The number of rotatable bonds is 5. The van der Waals surface area contributed by atoms with E-state index in [2.05, 4.69) is 0 Å². The Morgan fingerprint density at radius 3 is 2.52 bits per heavy atom. The van der Waals surface area contributed by atoms with Crippen LogP contribution in [0.4, 0.5) is 0 Å². The molecule has 0 saturated carbocycles. The Kier molecular flexibility index (Phi) is 5.10. The molecule has 0 heterocycles. The normalized spacial score (nSPS) is 12.0. The Bertz CT molecular complexity index is 656. The lowest BCUT2D eigenvalue weighted by Crippen LogP contribution is -2.29. The van der Waals surface area contributed by atoms with Gasteiger partial charge in [-0.15, -0.1) is 0 Å². The van der Waals surface area contributed by atoms with Crippen LogP contribution >= 0.6 is 23.2 Å². The summed E-state index contributed by atoms with van der Waals surface area (Å²) in [7, 11) is 0. The molecule has 0 unspecified atom stereocenters. The van der Waals surface area contributed by atoms with Gasteiger partial charge in [0.2, 0.25) is 0 Å². The van der Waals surface area contributed by atoms with Crippen LogP contribution in [0.3, 0.4) is 0 Å². The van der Waals surface area contributed by atoms with Crippen molar-refractivity contribution in [2.75, 3.05) is 0 Å². The fourth-order valence-corrected chi connectivity index (χ4v) is 2.38. The van der Waals surface area contributed by atoms with E-state index in [1.807, 2.05) is 13.0 Å². The number of carboxylic acids is 1. The van der Waals surface area contributed by atoms with Crippen molar-refractivity contribution in [2.45, 2.75) is 19.4 Å². The molecule has 0 amide bonds. The van der Waals surface area contributed by atoms with Crippen molar-refractivity contribution in [1.82, 2.24) is 0 Å². The molecule has 1 atom stereocenters. The minimum Gasteiger partial charge on any atom is -0.478 e. The monoisotopic (exact) mass is 324 g/mol. The summed E-state index contributed by atoms with van der Waals surface area (Å²) in [6.07, 6.45) is -0.728. The summed E-state index contributed by atoms with van der Waals surface area (Å²) in [5, 5.41) is 10.4. The Morgan fingerprint density at radius 2 is 1.90 bits per heavy atom. The Hall–Kier alpha value is -1.71. The van der Waals surface area contributed by atoms with Crippen molar-refractivity contribution in [2.24, 2.45) is 0 Å². The molecule has 0 spiro atoms. The average Bonchev–Trinajstić information content (AvgIpc) is 2.40. The summed E-state index contributed by atoms with van der Waals surface area (Å²) in [6.45, 7) is 1.89. The van der Waals surface area contributed by atoms with Gasteiger partial charge in [-0.3, -0.25) is 0 Å². The summed E-state index contributed by atoms with van der Waals surface area (Å²) in [5.41, 5.74) is 1.82. The van der Waals surface area contributed by atoms with Crippen molar-refractivity contribution in [3.05, 3.63) is 63.6 Å². The van der Waals surface area contributed by atoms with Gasteiger partial charge in [-0.25, -0.2) is 4.79 Å². The van der Waals surface area contributed by atoms with E-state index in [0.717, 1.165) is 11.1 Å². The SMILES string of the molecule is Cc1cc(Cl)ccc1C[C@@H](Oc1cccc(Cl)c1)C(=O)O. The van der Waals surface area contributed by atoms with Crippen LogP contribution in [0.25, 0.3) is 0 Å². The molecule has 110 valence electrons. The van der Waals surface area contributed by atoms with Crippen LogP contribution in [0.2, 0.25) is 10.0 Å². The fraction of sp³-hybridized carbons (Fsp3) is 0.188. The zero-order chi connectivity index (χ0) is 15.4. The first-order valence-corrected chi connectivity index (χ1v) is 7.11. The Morgan fingerprint density at radius 1 is 1.19 bits per heavy atom. The van der Waals surface area contributed by atoms with Gasteiger partial charge in [-0.1, -0.05) is 35.3 Å². The molecule has 0 saturated heterocycles. The minimum atomic E-state index is -1.02. The molecular formula is C16H14Cl2O3. The van der Waals surface area contributed by atoms with Crippen molar-refractivity contribution >= 4 is 29.2 Å². The molecular weight excluding hydrogens is 311 g/mol. The highest BCUT2D eigenvalue weighted by Gasteiger charge is 2.21. The third-order valence-corrected chi connectivity index (χ3v) is 3.53. The molecule has 0 bridgehead atoms. The molecule has 21 heavy (non-hydrogen) atoms. The first-order valence-electron chi connectivity index (χ1n) is 6.36. The van der Waals surface area contributed by atoms with E-state index in [4.69, 9.17) is 27.9 Å². The highest BCUT2D eigenvalue weighted by molar-refractivity contribution is 6.31. The number of carboxylic acid groups (broad SMARTS) is 1. The predicted molar refractivity (Wildman–Crippen MR) is 83.4 cm³/mol. The molecule has 0 aliphatic carbocycles. The topological polar surface area (TPSA) is 46.5 Å². The molecule has 3 nitrogen and oxygen atoms in total. The van der Waals surface area contributed by atoms with E-state index in [1.54, 1.807) is 36.4 Å². The molecule has 0 fully saturated rings. The van der Waals surface area contributed by atoms with Crippen LogP contribution in [0, 0.1) is 6.92 Å². The van der Waals surface area contributed by atoms with E-state index >= 15 is 0 Å². The van der Waals surface area contributed by atoms with Gasteiger partial charge < -0.3 is 9.84 Å². The third kappa shape index (κ3) is 4.38. The van der Waals surface area contributed by atoms with Crippen LogP contribution in [-0.2, 0) is 11.2 Å². The van der Waals surface area contributed by atoms with Gasteiger partial charge in [0.25, 0.3) is 0 Å². The third-order valence-electron chi connectivity index (χ3n) is 3.06. The zero-order valence-electron chi connectivity index (χ0n) is 11.3. The number of ether oxygens (including phenoxy) is 1. The standard InChI is InChI=1S/C16H14Cl2O3/c1-10-7-13(18)6-5-11(10)8-15(16(19)20)21-14-4-2-3-12(17)9-14/h2-7,9,15H,8H2,1H3,(H,19,20)/t15-/m1/s1. The quantitative estimate of drug-likeness (QED) is 0.887. The second-order valence-corrected chi connectivity index (χ2v) is 5.55. The summed E-state index contributed by atoms with van der Waals surface area (Å²) < 4.78 is 5.53. The molecule has 2 rings (SSSR count). The average molecular weight is 325 g/mol. The van der Waals surface area contributed by atoms with Crippen LogP contribution < -0.4 is 4.74 Å². The Balaban J connectivity index is 2.18. The van der Waals surface area contributed by atoms with Crippen molar-refractivity contribution < 1.29 is 14.6 Å². The number of halogens is 2. The van der Waals surface area contributed by atoms with Gasteiger partial charge in [0.05, 0.1) is 0 Å². The first-order chi connectivity index (χ1) is 9.95. The maximum Gasteiger partial charge on any atom is 0.345 e. The summed E-state index contributed by atoms with van der Waals surface area (Å²) in [4.78, 5) is 11.4. The number of aryl methyl sites for hydroxylation is 1. The number of carbonyl (C=O) groups is 1. The lowest BCUT2D eigenvalue weighted by Gasteiger charge is -2.16. The second-order valence-electron chi connectivity index (χ2n) is 4.68. The Labute approximate surface area is 133 Å². The maximum atomic E-state index is 11.4. The van der Waals surface area contributed by atoms with E-state index in [-0.39, 0.29) is 6.42 Å². The number of benzene rings is 2. The molecule has 2 aromatic carbocycles. The molecule has 1 N–H and O–H groups in total.